The molecule has 2 rings (SSSR count). The summed E-state index contributed by atoms with van der Waals surface area (Å²) < 4.78 is 50.5. The number of rotatable bonds is 7. The molecular weight excluding hydrogens is 388 g/mol. The third-order valence-electron chi connectivity index (χ3n) is 3.81. The van der Waals surface area contributed by atoms with Crippen molar-refractivity contribution in [2.24, 2.45) is 0 Å². The van der Waals surface area contributed by atoms with Gasteiger partial charge in [0.25, 0.3) is 10.0 Å². The number of hydrogen-bond acceptors (Lipinski definition) is 5. The lowest BCUT2D eigenvalue weighted by Crippen LogP contribution is -2.40. The largest absolute Gasteiger partial charge is 0.337 e. The van der Waals surface area contributed by atoms with Crippen LogP contribution in [-0.4, -0.2) is 35.2 Å². The van der Waals surface area contributed by atoms with Crippen molar-refractivity contribution in [3.8, 4) is 0 Å². The van der Waals surface area contributed by atoms with Crippen molar-refractivity contribution < 1.29 is 21.6 Å². The summed E-state index contributed by atoms with van der Waals surface area (Å²) in [4.78, 5) is 12.0. The summed E-state index contributed by atoms with van der Waals surface area (Å²) in [7, 11) is -7.42. The lowest BCUT2D eigenvalue weighted by Gasteiger charge is -2.09. The van der Waals surface area contributed by atoms with E-state index in [1.54, 1.807) is 36.4 Å². The van der Waals surface area contributed by atoms with E-state index < -0.39 is 25.9 Å². The van der Waals surface area contributed by atoms with Gasteiger partial charge in [-0.25, -0.2) is 26.4 Å². The summed E-state index contributed by atoms with van der Waals surface area (Å²) in [6, 6.07) is 11.7. The fourth-order valence-electron chi connectivity index (χ4n) is 2.26. The predicted octanol–water partition coefficient (Wildman–Crippen LogP) is 2.16. The van der Waals surface area contributed by atoms with E-state index in [2.05, 4.69) is 5.32 Å². The Hall–Kier alpha value is -2.39. The van der Waals surface area contributed by atoms with Crippen LogP contribution in [-0.2, 0) is 19.9 Å². The van der Waals surface area contributed by atoms with Gasteiger partial charge in [-0.1, -0.05) is 35.4 Å². The average Bonchev–Trinajstić information content (AvgIpc) is 2.59. The fraction of sp³-hybridized carbons (Fsp3) is 0.278. The maximum Gasteiger partial charge on any atom is 0.328 e. The van der Waals surface area contributed by atoms with E-state index in [4.69, 9.17) is 0 Å². The summed E-state index contributed by atoms with van der Waals surface area (Å²) >= 11 is 0. The summed E-state index contributed by atoms with van der Waals surface area (Å²) in [6.07, 6.45) is 0.161. The molecule has 146 valence electrons. The predicted molar refractivity (Wildman–Crippen MR) is 103 cm³/mol. The van der Waals surface area contributed by atoms with E-state index in [1.165, 1.54) is 12.1 Å². The lowest BCUT2D eigenvalue weighted by molar-refractivity contribution is 0.246. The van der Waals surface area contributed by atoms with Gasteiger partial charge in [-0.3, -0.25) is 0 Å². The number of carbonyl (C=O) groups is 1. The van der Waals surface area contributed by atoms with Gasteiger partial charge in [0.1, 0.15) is 0 Å². The van der Waals surface area contributed by atoms with E-state index in [0.29, 0.717) is 0 Å². The van der Waals surface area contributed by atoms with Crippen molar-refractivity contribution in [2.45, 2.75) is 30.1 Å². The fourth-order valence-corrected chi connectivity index (χ4v) is 4.50. The molecule has 2 aromatic carbocycles. The van der Waals surface area contributed by atoms with E-state index in [0.717, 1.165) is 11.1 Å². The highest BCUT2D eigenvalue weighted by Gasteiger charge is 2.18. The Labute approximate surface area is 159 Å². The highest BCUT2D eigenvalue weighted by molar-refractivity contribution is 7.91. The van der Waals surface area contributed by atoms with Crippen LogP contribution in [0.2, 0.25) is 0 Å². The second-order valence-electron chi connectivity index (χ2n) is 6.16. The quantitative estimate of drug-likeness (QED) is 0.680. The zero-order valence-electron chi connectivity index (χ0n) is 15.1. The average molecular weight is 411 g/mol. The molecule has 0 atom stereocenters. The first kappa shape index (κ1) is 20.9. The highest BCUT2D eigenvalue weighted by Crippen LogP contribution is 2.13. The number of urea groups is 1. The molecule has 0 spiro atoms. The molecule has 0 radical (unpaired) electrons. The second kappa shape index (κ2) is 8.53. The molecule has 2 N–H and O–H groups in total. The SMILES string of the molecule is Cc1ccc(S(=O)(=O)CCCNC(=O)NS(=O)(=O)c2ccc(C)cc2)cc1. The van der Waals surface area contributed by atoms with Crippen LogP contribution in [0.1, 0.15) is 17.5 Å². The Morgan fingerprint density at radius 1 is 0.815 bits per heavy atom. The lowest BCUT2D eigenvalue weighted by atomic mass is 10.2. The third-order valence-corrected chi connectivity index (χ3v) is 6.98. The third kappa shape index (κ3) is 6.07. The molecular formula is C18H22N2O5S2. The Kier molecular flexibility index (Phi) is 6.61. The first-order valence-corrected chi connectivity index (χ1v) is 11.4. The van der Waals surface area contributed by atoms with Gasteiger partial charge in [-0.2, -0.15) is 0 Å². The zero-order valence-corrected chi connectivity index (χ0v) is 16.7. The molecule has 7 nitrogen and oxygen atoms in total. The van der Waals surface area contributed by atoms with Crippen LogP contribution < -0.4 is 10.0 Å². The number of sulfone groups is 1. The van der Waals surface area contributed by atoms with Crippen LogP contribution in [0.5, 0.6) is 0 Å². The monoisotopic (exact) mass is 410 g/mol. The van der Waals surface area contributed by atoms with E-state index in [-0.39, 0.29) is 28.5 Å². The highest BCUT2D eigenvalue weighted by atomic mass is 32.2. The van der Waals surface area contributed by atoms with E-state index >= 15 is 0 Å². The molecule has 0 saturated carbocycles. The molecule has 2 amide bonds. The van der Waals surface area contributed by atoms with Crippen LogP contribution in [0, 0.1) is 13.8 Å². The van der Waals surface area contributed by atoms with Gasteiger partial charge in [0.05, 0.1) is 15.5 Å². The van der Waals surface area contributed by atoms with E-state index in [9.17, 15) is 21.6 Å². The van der Waals surface area contributed by atoms with Gasteiger partial charge in [-0.15, -0.1) is 0 Å². The minimum atomic E-state index is -3.97. The summed E-state index contributed by atoms with van der Waals surface area (Å²) in [5.41, 5.74) is 1.86. The van der Waals surface area contributed by atoms with Crippen LogP contribution >= 0.6 is 0 Å². The molecule has 0 saturated heterocycles. The van der Waals surface area contributed by atoms with Crippen LogP contribution in [0.4, 0.5) is 4.79 Å². The molecule has 0 aliphatic heterocycles. The van der Waals surface area contributed by atoms with Gasteiger partial charge in [0.15, 0.2) is 9.84 Å². The standard InChI is InChI=1S/C18H22N2O5S2/c1-14-4-8-16(9-5-14)26(22,23)13-3-12-19-18(21)20-27(24,25)17-10-6-15(2)7-11-17/h4-11H,3,12-13H2,1-2H3,(H2,19,20,21). The molecule has 0 bridgehead atoms. The molecule has 2 aromatic rings. The maximum atomic E-state index is 12.2. The zero-order chi connectivity index (χ0) is 20.1. The van der Waals surface area contributed by atoms with Crippen LogP contribution in [0.15, 0.2) is 58.3 Å². The Morgan fingerprint density at radius 3 is 1.81 bits per heavy atom. The van der Waals surface area contributed by atoms with Gasteiger partial charge in [0.2, 0.25) is 0 Å². The van der Waals surface area contributed by atoms with E-state index in [1.807, 2.05) is 18.6 Å². The number of sulfonamides is 1. The van der Waals surface area contributed by atoms with Crippen LogP contribution in [0.3, 0.4) is 0 Å². The van der Waals surface area contributed by atoms with Gasteiger partial charge < -0.3 is 5.32 Å². The number of hydrogen-bond donors (Lipinski definition) is 2. The van der Waals surface area contributed by atoms with Gasteiger partial charge in [-0.05, 0) is 44.5 Å². The van der Waals surface area contributed by atoms with Crippen molar-refractivity contribution in [1.82, 2.24) is 10.0 Å². The Balaban J connectivity index is 1.83. The summed E-state index contributed by atoms with van der Waals surface area (Å²) in [5.74, 6) is -0.152. The molecule has 27 heavy (non-hydrogen) atoms. The molecule has 0 unspecified atom stereocenters. The van der Waals surface area contributed by atoms with Crippen molar-refractivity contribution in [1.29, 1.82) is 0 Å². The first-order valence-electron chi connectivity index (χ1n) is 8.27. The minimum Gasteiger partial charge on any atom is -0.337 e. The number of nitrogens with one attached hydrogen (secondary N) is 2. The van der Waals surface area contributed by atoms with Crippen molar-refractivity contribution in [2.75, 3.05) is 12.3 Å². The van der Waals surface area contributed by atoms with Crippen LogP contribution in [0.25, 0.3) is 0 Å². The smallest absolute Gasteiger partial charge is 0.328 e. The van der Waals surface area contributed by atoms with Crippen molar-refractivity contribution in [3.05, 3.63) is 59.7 Å². The molecule has 0 fully saturated rings. The van der Waals surface area contributed by atoms with Gasteiger partial charge in [0, 0.05) is 6.54 Å². The number of aryl methyl sites for hydroxylation is 2. The van der Waals surface area contributed by atoms with Gasteiger partial charge >= 0.3 is 6.03 Å². The normalized spacial score (nSPS) is 11.8. The topological polar surface area (TPSA) is 109 Å². The molecule has 0 heterocycles. The molecule has 0 aliphatic rings. The summed E-state index contributed by atoms with van der Waals surface area (Å²) in [5, 5.41) is 2.36. The first-order chi connectivity index (χ1) is 12.6. The second-order valence-corrected chi connectivity index (χ2v) is 9.95. The summed E-state index contributed by atoms with van der Waals surface area (Å²) in [6.45, 7) is 3.71. The Bertz CT molecular complexity index is 997. The minimum absolute atomic E-state index is 0.0230. The molecule has 0 aliphatic carbocycles. The van der Waals surface area contributed by atoms with Crippen molar-refractivity contribution in [3.63, 3.8) is 0 Å². The molecule has 0 aromatic heterocycles. The maximum absolute atomic E-state index is 12.2. The molecule has 9 heteroatoms. The Morgan fingerprint density at radius 2 is 1.30 bits per heavy atom. The number of benzene rings is 2. The number of amides is 2. The number of carbonyl (C=O) groups excluding carboxylic acids is 1. The van der Waals surface area contributed by atoms with Crippen molar-refractivity contribution >= 4 is 25.9 Å².